The molecule has 0 aromatic heterocycles. The fourth-order valence-electron chi connectivity index (χ4n) is 6.71. The highest BCUT2D eigenvalue weighted by Crippen LogP contribution is 2.42. The number of piperazine rings is 2. The molecule has 2 atom stereocenters. The first kappa shape index (κ1) is 18.8. The van der Waals surface area contributed by atoms with Crippen molar-refractivity contribution in [3.63, 3.8) is 0 Å². The molecule has 0 spiro atoms. The third kappa shape index (κ3) is 3.26. The predicted octanol–water partition coefficient (Wildman–Crippen LogP) is 1.21. The third-order valence-electron chi connectivity index (χ3n) is 7.87. The lowest BCUT2D eigenvalue weighted by atomic mass is 9.89. The molecule has 5 aliphatic rings. The lowest BCUT2D eigenvalue weighted by Crippen LogP contribution is -2.84. The molecule has 0 aromatic rings. The average Bonchev–Trinajstić information content (AvgIpc) is 3.29. The van der Waals surface area contributed by atoms with Crippen LogP contribution in [0, 0.1) is 0 Å². The summed E-state index contributed by atoms with van der Waals surface area (Å²) in [5.41, 5.74) is 0. The number of hydrazine groups is 1. The summed E-state index contributed by atoms with van der Waals surface area (Å²) in [6.07, 6.45) is 11.1. The number of hydrogen-bond acceptors (Lipinski definition) is 6. The van der Waals surface area contributed by atoms with Crippen molar-refractivity contribution in [3.05, 3.63) is 0 Å². The van der Waals surface area contributed by atoms with Gasteiger partial charge in [-0.1, -0.05) is 12.8 Å². The van der Waals surface area contributed by atoms with Crippen molar-refractivity contribution in [2.24, 2.45) is 0 Å². The van der Waals surface area contributed by atoms with Gasteiger partial charge in [0.25, 0.3) is 0 Å². The topological polar surface area (TPSA) is 28.2 Å². The number of nitrogens with one attached hydrogen (secondary N) is 1. The number of hydrogen-bond donors (Lipinski definition) is 1. The Balaban J connectivity index is 1.56. The Kier molecular flexibility index (Phi) is 5.73. The lowest BCUT2D eigenvalue weighted by molar-refractivity contribution is -0.301. The zero-order chi connectivity index (χ0) is 18.1. The van der Waals surface area contributed by atoms with Crippen LogP contribution in [0.2, 0.25) is 0 Å². The van der Waals surface area contributed by atoms with Crippen molar-refractivity contribution in [3.8, 4) is 0 Å². The van der Waals surface area contributed by atoms with Gasteiger partial charge in [0.1, 0.15) is 0 Å². The van der Waals surface area contributed by atoms with E-state index in [1.807, 2.05) is 0 Å². The molecular weight excluding hydrogens is 336 g/mol. The molecule has 6 heteroatoms. The molecule has 0 aromatic carbocycles. The third-order valence-corrected chi connectivity index (χ3v) is 7.87. The lowest BCUT2D eigenvalue weighted by Gasteiger charge is -2.67. The Hall–Kier alpha value is -0.240. The molecule has 0 bridgehead atoms. The zero-order valence-corrected chi connectivity index (χ0v) is 17.2. The highest BCUT2D eigenvalue weighted by atomic mass is 15.8. The standard InChI is InChI=1S/C21H40N6/c1-3-14-26(15-4-1)27-19-18-23-11-5-2-8-20(23)21(27,24-12-6-7-13-24)25-16-9-22-10-17-25/h20,22H,1-19H2. The summed E-state index contributed by atoms with van der Waals surface area (Å²) in [7, 11) is 0. The van der Waals surface area contributed by atoms with E-state index in [9.17, 15) is 0 Å². The summed E-state index contributed by atoms with van der Waals surface area (Å²) >= 11 is 0. The van der Waals surface area contributed by atoms with Gasteiger partial charge >= 0.3 is 0 Å². The minimum atomic E-state index is 0.106. The average molecular weight is 377 g/mol. The molecule has 5 saturated heterocycles. The van der Waals surface area contributed by atoms with Crippen LogP contribution in [-0.4, -0.2) is 109 Å². The molecular formula is C21H40N6. The minimum absolute atomic E-state index is 0.106. The predicted molar refractivity (Wildman–Crippen MR) is 109 cm³/mol. The van der Waals surface area contributed by atoms with Crippen molar-refractivity contribution < 1.29 is 0 Å². The monoisotopic (exact) mass is 376 g/mol. The molecule has 6 nitrogen and oxygen atoms in total. The van der Waals surface area contributed by atoms with Gasteiger partial charge in [-0.15, -0.1) is 0 Å². The number of likely N-dealkylation sites (tertiary alicyclic amines) is 1. The molecule has 5 aliphatic heterocycles. The Morgan fingerprint density at radius 1 is 0.593 bits per heavy atom. The van der Waals surface area contributed by atoms with E-state index in [0.29, 0.717) is 6.04 Å². The number of rotatable bonds is 3. The molecule has 2 unspecified atom stereocenters. The second-order valence-electron chi connectivity index (χ2n) is 9.30. The van der Waals surface area contributed by atoms with Crippen molar-refractivity contribution in [1.29, 1.82) is 0 Å². The van der Waals surface area contributed by atoms with Crippen LogP contribution in [0.5, 0.6) is 0 Å². The van der Waals surface area contributed by atoms with Crippen molar-refractivity contribution >= 4 is 0 Å². The largest absolute Gasteiger partial charge is 0.314 e. The van der Waals surface area contributed by atoms with Gasteiger partial charge in [-0.25, -0.2) is 10.0 Å². The first-order valence-electron chi connectivity index (χ1n) is 11.9. The minimum Gasteiger partial charge on any atom is -0.314 e. The van der Waals surface area contributed by atoms with E-state index in [2.05, 4.69) is 30.0 Å². The zero-order valence-electron chi connectivity index (χ0n) is 17.2. The van der Waals surface area contributed by atoms with Crippen LogP contribution in [0.15, 0.2) is 0 Å². The van der Waals surface area contributed by atoms with Crippen LogP contribution in [0.4, 0.5) is 0 Å². The molecule has 0 radical (unpaired) electrons. The Morgan fingerprint density at radius 2 is 1.26 bits per heavy atom. The fraction of sp³-hybridized carbons (Fsp3) is 1.00. The van der Waals surface area contributed by atoms with Crippen molar-refractivity contribution in [1.82, 2.24) is 30.0 Å². The van der Waals surface area contributed by atoms with Crippen LogP contribution in [0.25, 0.3) is 0 Å². The summed E-state index contributed by atoms with van der Waals surface area (Å²) in [5.74, 6) is 0.106. The van der Waals surface area contributed by atoms with E-state index >= 15 is 0 Å². The molecule has 0 aliphatic carbocycles. The quantitative estimate of drug-likeness (QED) is 0.796. The van der Waals surface area contributed by atoms with Gasteiger partial charge in [0.2, 0.25) is 0 Å². The molecule has 5 fully saturated rings. The molecule has 5 heterocycles. The van der Waals surface area contributed by atoms with E-state index in [4.69, 9.17) is 0 Å². The van der Waals surface area contributed by atoms with Crippen LogP contribution >= 0.6 is 0 Å². The molecule has 0 amide bonds. The summed E-state index contributed by atoms with van der Waals surface area (Å²) in [6.45, 7) is 13.6. The second kappa shape index (κ2) is 8.25. The van der Waals surface area contributed by atoms with Crippen LogP contribution < -0.4 is 5.32 Å². The second-order valence-corrected chi connectivity index (χ2v) is 9.30. The molecule has 1 N–H and O–H groups in total. The summed E-state index contributed by atoms with van der Waals surface area (Å²) in [6, 6.07) is 0.679. The first-order chi connectivity index (χ1) is 13.4. The normalized spacial score (nSPS) is 38.9. The van der Waals surface area contributed by atoms with E-state index in [1.54, 1.807) is 0 Å². The van der Waals surface area contributed by atoms with Gasteiger partial charge in [-0.3, -0.25) is 14.7 Å². The van der Waals surface area contributed by atoms with Gasteiger partial charge in [-0.2, -0.15) is 0 Å². The first-order valence-corrected chi connectivity index (χ1v) is 11.9. The van der Waals surface area contributed by atoms with Gasteiger partial charge in [0, 0.05) is 65.4 Å². The maximum atomic E-state index is 3.62. The van der Waals surface area contributed by atoms with Crippen LogP contribution in [0.1, 0.15) is 51.4 Å². The number of piperidine rings is 2. The maximum Gasteiger partial charge on any atom is 0.160 e. The molecule has 5 rings (SSSR count). The van der Waals surface area contributed by atoms with Gasteiger partial charge < -0.3 is 5.32 Å². The highest BCUT2D eigenvalue weighted by Gasteiger charge is 2.59. The SMILES string of the molecule is C1CCN(N2CCN3CCCCC3C2(N2CCCC2)N2CCNCC2)CC1. The van der Waals surface area contributed by atoms with Gasteiger partial charge in [0.05, 0.1) is 6.04 Å². The van der Waals surface area contributed by atoms with E-state index < -0.39 is 0 Å². The van der Waals surface area contributed by atoms with Gasteiger partial charge in [-0.05, 0) is 45.1 Å². The van der Waals surface area contributed by atoms with Crippen molar-refractivity contribution in [2.45, 2.75) is 63.2 Å². The molecule has 0 saturated carbocycles. The summed E-state index contributed by atoms with van der Waals surface area (Å²) < 4.78 is 0. The smallest absolute Gasteiger partial charge is 0.160 e. The van der Waals surface area contributed by atoms with E-state index in [-0.39, 0.29) is 5.79 Å². The van der Waals surface area contributed by atoms with Crippen LogP contribution in [0.3, 0.4) is 0 Å². The molecule has 154 valence electrons. The van der Waals surface area contributed by atoms with Crippen LogP contribution in [-0.2, 0) is 0 Å². The van der Waals surface area contributed by atoms with E-state index in [0.717, 1.165) is 13.1 Å². The Labute approximate surface area is 165 Å². The van der Waals surface area contributed by atoms with Crippen molar-refractivity contribution in [2.75, 3.05) is 72.0 Å². The number of nitrogens with zero attached hydrogens (tertiary/aromatic N) is 5. The van der Waals surface area contributed by atoms with E-state index in [1.165, 1.54) is 110 Å². The number of fused-ring (bicyclic) bond motifs is 1. The summed E-state index contributed by atoms with van der Waals surface area (Å²) in [4.78, 5) is 8.71. The highest BCUT2D eigenvalue weighted by molar-refractivity contribution is 5.06. The van der Waals surface area contributed by atoms with Gasteiger partial charge in [0.15, 0.2) is 5.79 Å². The Morgan fingerprint density at radius 3 is 2.04 bits per heavy atom. The fourth-order valence-corrected chi connectivity index (χ4v) is 6.71. The Bertz CT molecular complexity index is 483. The molecule has 27 heavy (non-hydrogen) atoms. The summed E-state index contributed by atoms with van der Waals surface area (Å²) in [5, 5.41) is 9.32. The maximum absolute atomic E-state index is 3.62.